The highest BCUT2D eigenvalue weighted by molar-refractivity contribution is 6.38. The maximum absolute atomic E-state index is 5.81. The van der Waals surface area contributed by atoms with Gasteiger partial charge in [0.2, 0.25) is 0 Å². The van der Waals surface area contributed by atoms with E-state index in [0.29, 0.717) is 0 Å². The average molecular weight is 249 g/mol. The molecule has 0 heterocycles. The fourth-order valence-electron chi connectivity index (χ4n) is 1.67. The van der Waals surface area contributed by atoms with Crippen molar-refractivity contribution in [2.75, 3.05) is 0 Å². The quantitative estimate of drug-likeness (QED) is 0.673. The van der Waals surface area contributed by atoms with Crippen LogP contribution in [-0.4, -0.2) is 0 Å². The van der Waals surface area contributed by atoms with E-state index >= 15 is 0 Å². The molecule has 2 aromatic carbocycles. The van der Waals surface area contributed by atoms with Crippen molar-refractivity contribution in [2.45, 2.75) is 0 Å². The number of halogens is 2. The molecule has 0 bridgehead atoms. The van der Waals surface area contributed by atoms with Crippen molar-refractivity contribution in [1.29, 1.82) is 0 Å². The normalized spacial score (nSPS) is 15.4. The standard InChI is InChI=1S/C14H10Cl2/c15-9-11-5-1-3-7-13(11)14-8-4-2-6-12(14)10-16/h1-10H/b11-9+,12-10+,14-13+. The number of hydrogen-bond acceptors (Lipinski definition) is 0. The first kappa shape index (κ1) is 11.3. The molecule has 2 aromatic rings. The Morgan fingerprint density at radius 3 is 1.38 bits per heavy atom. The van der Waals surface area contributed by atoms with E-state index in [1.54, 1.807) is 11.1 Å². The third-order valence-corrected chi connectivity index (χ3v) is 2.92. The molecule has 0 aliphatic heterocycles. The molecule has 16 heavy (non-hydrogen) atoms. The van der Waals surface area contributed by atoms with E-state index < -0.39 is 0 Å². The van der Waals surface area contributed by atoms with Crippen LogP contribution in [0.15, 0.2) is 48.5 Å². The Labute approximate surface area is 104 Å². The molecule has 0 saturated carbocycles. The highest BCUT2D eigenvalue weighted by Crippen LogP contribution is 1.91. The summed E-state index contributed by atoms with van der Waals surface area (Å²) in [6.07, 6.45) is 0. The van der Waals surface area contributed by atoms with Crippen molar-refractivity contribution in [2.24, 2.45) is 0 Å². The lowest BCUT2D eigenvalue weighted by Gasteiger charge is -1.92. The van der Waals surface area contributed by atoms with E-state index in [9.17, 15) is 0 Å². The summed E-state index contributed by atoms with van der Waals surface area (Å²) in [6, 6.07) is 15.9. The summed E-state index contributed by atoms with van der Waals surface area (Å²) in [7, 11) is 0. The van der Waals surface area contributed by atoms with Crippen LogP contribution < -0.4 is 10.4 Å². The largest absolute Gasteiger partial charge is 0.0923 e. The van der Waals surface area contributed by atoms with E-state index in [4.69, 9.17) is 23.2 Å². The zero-order valence-electron chi connectivity index (χ0n) is 8.53. The lowest BCUT2D eigenvalue weighted by molar-refractivity contribution is 1.41. The van der Waals surface area contributed by atoms with Crippen molar-refractivity contribution in [3.63, 3.8) is 0 Å². The van der Waals surface area contributed by atoms with Gasteiger partial charge in [-0.15, -0.1) is 0 Å². The van der Waals surface area contributed by atoms with Crippen LogP contribution >= 0.6 is 23.2 Å². The summed E-state index contributed by atoms with van der Waals surface area (Å²) in [5.41, 5.74) is 3.17. The van der Waals surface area contributed by atoms with Gasteiger partial charge in [0.25, 0.3) is 0 Å². The zero-order valence-corrected chi connectivity index (χ0v) is 10.0. The number of benzene rings is 2. The summed E-state index contributed by atoms with van der Waals surface area (Å²) in [6.45, 7) is 0. The van der Waals surface area contributed by atoms with Crippen LogP contribution in [-0.2, 0) is 0 Å². The molecule has 0 spiro atoms. The first-order valence-corrected chi connectivity index (χ1v) is 5.79. The minimum Gasteiger partial charge on any atom is -0.0923 e. The number of hydrogen-bond donors (Lipinski definition) is 0. The second-order valence-electron chi connectivity index (χ2n) is 3.39. The van der Waals surface area contributed by atoms with E-state index in [-0.39, 0.29) is 0 Å². The summed E-state index contributed by atoms with van der Waals surface area (Å²) >= 11 is 11.6. The Balaban J connectivity index is 3.16. The SMILES string of the molecule is Cl\C=c1/cccc/c1=c1/cccc/c1=C\Cl. The Kier molecular flexibility index (Phi) is 3.66. The second-order valence-corrected chi connectivity index (χ2v) is 3.83. The minimum atomic E-state index is 0.995. The number of rotatable bonds is 0. The Bertz CT molecular complexity index is 626. The molecule has 2 rings (SSSR count). The van der Waals surface area contributed by atoms with Gasteiger partial charge in [0.1, 0.15) is 0 Å². The van der Waals surface area contributed by atoms with Gasteiger partial charge in [-0.25, -0.2) is 0 Å². The van der Waals surface area contributed by atoms with Gasteiger partial charge in [-0.3, -0.25) is 0 Å². The molecule has 0 N–H and O–H groups in total. The van der Waals surface area contributed by atoms with Crippen molar-refractivity contribution >= 4 is 34.3 Å². The molecule has 0 aliphatic carbocycles. The van der Waals surface area contributed by atoms with Crippen LogP contribution in [0.3, 0.4) is 0 Å². The summed E-state index contributed by atoms with van der Waals surface area (Å²) in [4.78, 5) is 0. The molecule has 0 aliphatic rings. The van der Waals surface area contributed by atoms with Gasteiger partial charge < -0.3 is 0 Å². The smallest absolute Gasteiger partial charge is 0.0121 e. The molecule has 0 aromatic heterocycles. The highest BCUT2D eigenvalue weighted by Gasteiger charge is 1.88. The molecule has 80 valence electrons. The van der Waals surface area contributed by atoms with Gasteiger partial charge in [-0.2, -0.15) is 0 Å². The fourth-order valence-corrected chi connectivity index (χ4v) is 2.06. The predicted molar refractivity (Wildman–Crippen MR) is 70.4 cm³/mol. The average Bonchev–Trinajstić information content (AvgIpc) is 2.38. The third kappa shape index (κ3) is 2.13. The van der Waals surface area contributed by atoms with Crippen molar-refractivity contribution in [1.82, 2.24) is 0 Å². The van der Waals surface area contributed by atoms with Gasteiger partial charge in [0, 0.05) is 11.1 Å². The zero-order chi connectivity index (χ0) is 11.4. The molecular weight excluding hydrogens is 239 g/mol. The van der Waals surface area contributed by atoms with Crippen LogP contribution in [0.25, 0.3) is 11.1 Å². The maximum Gasteiger partial charge on any atom is 0.0121 e. The van der Waals surface area contributed by atoms with Crippen molar-refractivity contribution in [3.8, 4) is 0 Å². The molecule has 0 saturated heterocycles. The summed E-state index contributed by atoms with van der Waals surface area (Å²) < 4.78 is 0. The molecule has 0 amide bonds. The first-order valence-electron chi connectivity index (χ1n) is 4.92. The monoisotopic (exact) mass is 248 g/mol. The maximum atomic E-state index is 5.81. The van der Waals surface area contributed by atoms with Crippen molar-refractivity contribution in [3.05, 3.63) is 69.4 Å². The molecular formula is C14H10Cl2. The lowest BCUT2D eigenvalue weighted by atomic mass is 10.1. The first-order chi connectivity index (χ1) is 7.86. The van der Waals surface area contributed by atoms with Crippen LogP contribution in [0, 0.1) is 10.4 Å². The lowest BCUT2D eigenvalue weighted by Crippen LogP contribution is -2.07. The topological polar surface area (TPSA) is 0 Å². The molecule has 0 fully saturated rings. The Morgan fingerprint density at radius 2 is 1.00 bits per heavy atom. The van der Waals surface area contributed by atoms with Crippen LogP contribution in [0.1, 0.15) is 0 Å². The molecule has 0 atom stereocenters. The predicted octanol–water partition coefficient (Wildman–Crippen LogP) is 2.93. The molecule has 0 nitrogen and oxygen atoms in total. The highest BCUT2D eigenvalue weighted by atomic mass is 35.5. The van der Waals surface area contributed by atoms with Crippen LogP contribution in [0.5, 0.6) is 0 Å². The van der Waals surface area contributed by atoms with Gasteiger partial charge in [0.05, 0.1) is 0 Å². The summed E-state index contributed by atoms with van der Waals surface area (Å²) in [5.74, 6) is 0. The van der Waals surface area contributed by atoms with Crippen LogP contribution in [0.2, 0.25) is 0 Å². The Hall–Kier alpha value is -1.24. The summed E-state index contributed by atoms with van der Waals surface area (Å²) in [5, 5.41) is 4.17. The van der Waals surface area contributed by atoms with Crippen molar-refractivity contribution < 1.29 is 0 Å². The second kappa shape index (κ2) is 5.20. The van der Waals surface area contributed by atoms with Gasteiger partial charge >= 0.3 is 0 Å². The molecule has 0 unspecified atom stereocenters. The fraction of sp³-hybridized carbons (Fsp3) is 0. The van der Waals surface area contributed by atoms with E-state index in [1.807, 2.05) is 48.5 Å². The van der Waals surface area contributed by atoms with E-state index in [2.05, 4.69) is 0 Å². The van der Waals surface area contributed by atoms with E-state index in [1.165, 1.54) is 0 Å². The Morgan fingerprint density at radius 1 is 0.625 bits per heavy atom. The van der Waals surface area contributed by atoms with E-state index in [0.717, 1.165) is 20.9 Å². The van der Waals surface area contributed by atoms with Gasteiger partial charge in [0.15, 0.2) is 0 Å². The minimum absolute atomic E-state index is 0.995. The third-order valence-electron chi connectivity index (χ3n) is 2.45. The van der Waals surface area contributed by atoms with Gasteiger partial charge in [-0.1, -0.05) is 71.7 Å². The van der Waals surface area contributed by atoms with Gasteiger partial charge in [-0.05, 0) is 20.9 Å². The molecule has 2 heteroatoms. The molecule has 0 radical (unpaired) electrons. The van der Waals surface area contributed by atoms with Crippen LogP contribution in [0.4, 0.5) is 0 Å².